The molecule has 12 heteroatoms. The molecule has 35 heavy (non-hydrogen) atoms. The second-order valence-electron chi connectivity index (χ2n) is 7.16. The van der Waals surface area contributed by atoms with Gasteiger partial charge in [-0.3, -0.25) is 4.90 Å². The lowest BCUT2D eigenvalue weighted by Gasteiger charge is -2.36. The van der Waals surface area contributed by atoms with Gasteiger partial charge in [0, 0.05) is 0 Å². The predicted octanol–water partition coefficient (Wildman–Crippen LogP) is 1.63. The Bertz CT molecular complexity index is 1400. The van der Waals surface area contributed by atoms with Crippen molar-refractivity contribution < 1.29 is 31.9 Å². The average molecular weight is 501 g/mol. The zero-order valence-electron chi connectivity index (χ0n) is 18.9. The van der Waals surface area contributed by atoms with Crippen LogP contribution in [0.1, 0.15) is 11.5 Å². The molecule has 0 saturated carbocycles. The lowest BCUT2D eigenvalue weighted by atomic mass is 9.81. The van der Waals surface area contributed by atoms with Gasteiger partial charge >= 0.3 is 11.9 Å². The lowest BCUT2D eigenvalue weighted by Crippen LogP contribution is -2.41. The van der Waals surface area contributed by atoms with Crippen LogP contribution in [0.5, 0.6) is 0 Å². The molecule has 1 unspecified atom stereocenters. The third-order valence-electron chi connectivity index (χ3n) is 5.35. The van der Waals surface area contributed by atoms with Crippen molar-refractivity contribution in [2.45, 2.75) is 10.8 Å². The van der Waals surface area contributed by atoms with Gasteiger partial charge in [0.25, 0.3) is 0 Å². The molecule has 3 N–H and O–H groups in total. The highest BCUT2D eigenvalue weighted by Crippen LogP contribution is 2.44. The fourth-order valence-corrected chi connectivity index (χ4v) is 4.46. The maximum Gasteiger partial charge on any atom is 0.355 e. The monoisotopic (exact) mass is 500 g/mol. The number of anilines is 1. The van der Waals surface area contributed by atoms with Gasteiger partial charge in [-0.05, 0) is 30.8 Å². The van der Waals surface area contributed by atoms with E-state index in [0.29, 0.717) is 5.56 Å². The maximum absolute atomic E-state index is 15.1. The number of benzene rings is 2. The van der Waals surface area contributed by atoms with Crippen LogP contribution in [0.3, 0.4) is 0 Å². The number of nitriles is 1. The number of esters is 2. The summed E-state index contributed by atoms with van der Waals surface area (Å²) in [6.45, 7) is 0. The molecule has 1 aliphatic heterocycles. The van der Waals surface area contributed by atoms with Gasteiger partial charge in [-0.2, -0.15) is 5.26 Å². The fraction of sp³-hybridized carbons (Fsp3) is 0.174. The second kappa shape index (κ2) is 9.96. The number of ether oxygens (including phenoxy) is 2. The number of rotatable bonds is 6. The summed E-state index contributed by atoms with van der Waals surface area (Å²) in [6, 6.07) is 13.0. The van der Waals surface area contributed by atoms with E-state index in [1.54, 1.807) is 30.3 Å². The van der Waals surface area contributed by atoms with Crippen molar-refractivity contribution >= 4 is 27.6 Å². The van der Waals surface area contributed by atoms with Crippen molar-refractivity contribution in [2.24, 2.45) is 5.73 Å². The molecule has 0 bridgehead atoms. The van der Waals surface area contributed by atoms with Gasteiger partial charge in [-0.1, -0.05) is 30.3 Å². The first-order valence-electron chi connectivity index (χ1n) is 10.0. The molecule has 1 aliphatic rings. The number of carbonyl (C=O) groups excluding carboxylic acids is 2. The largest absolute Gasteiger partial charge is 0.466 e. The van der Waals surface area contributed by atoms with Crippen LogP contribution in [-0.4, -0.2) is 41.6 Å². The number of sulfonamides is 1. The maximum atomic E-state index is 15.1. The first-order chi connectivity index (χ1) is 16.6. The van der Waals surface area contributed by atoms with E-state index in [4.69, 9.17) is 15.2 Å². The molecule has 0 fully saturated rings. The van der Waals surface area contributed by atoms with Gasteiger partial charge in [-0.25, -0.2) is 27.1 Å². The van der Waals surface area contributed by atoms with Crippen LogP contribution >= 0.6 is 0 Å². The molecule has 0 aromatic heterocycles. The Morgan fingerprint density at radius 1 is 1.11 bits per heavy atom. The predicted molar refractivity (Wildman–Crippen MR) is 122 cm³/mol. The summed E-state index contributed by atoms with van der Waals surface area (Å²) in [5, 5.41) is 10.00. The van der Waals surface area contributed by atoms with Crippen LogP contribution in [-0.2, 0) is 29.1 Å². The number of hydrogen-bond acceptors (Lipinski definition) is 9. The van der Waals surface area contributed by atoms with Crippen LogP contribution in [0.25, 0.3) is 0 Å². The number of allylic oxidation sites excluding steroid dienone is 1. The number of hydrogen-bond donors (Lipinski definition) is 2. The molecular weight excluding hydrogens is 479 g/mol. The van der Waals surface area contributed by atoms with Crippen molar-refractivity contribution in [3.8, 4) is 6.07 Å². The molecule has 3 rings (SSSR count). The number of nitrogens with two attached hydrogens (primary N) is 1. The first-order valence-corrected chi connectivity index (χ1v) is 11.5. The van der Waals surface area contributed by atoms with E-state index >= 15 is 4.39 Å². The van der Waals surface area contributed by atoms with E-state index in [9.17, 15) is 23.3 Å². The summed E-state index contributed by atoms with van der Waals surface area (Å²) in [5.74, 6) is -4.61. The topological polar surface area (TPSA) is 152 Å². The molecule has 10 nitrogen and oxygen atoms in total. The SMILES string of the molecule is CNS(=O)(=O)c1ccc(F)c(N2C(N)=C(C#N)C(c3ccccc3)C(C(=O)OC)=C2C(=O)OC)c1. The number of methoxy groups -OCH3 is 2. The van der Waals surface area contributed by atoms with E-state index in [2.05, 4.69) is 4.72 Å². The second-order valence-corrected chi connectivity index (χ2v) is 9.04. The quantitative estimate of drug-likeness (QED) is 0.564. The minimum absolute atomic E-state index is 0.189. The third kappa shape index (κ3) is 4.46. The zero-order valence-corrected chi connectivity index (χ0v) is 19.7. The highest BCUT2D eigenvalue weighted by atomic mass is 32.2. The minimum atomic E-state index is -4.03. The van der Waals surface area contributed by atoms with Crippen LogP contribution < -0.4 is 15.4 Å². The van der Waals surface area contributed by atoms with Gasteiger partial charge < -0.3 is 15.2 Å². The Balaban J connectivity index is 2.47. The molecule has 1 heterocycles. The van der Waals surface area contributed by atoms with Gasteiger partial charge in [-0.15, -0.1) is 0 Å². The van der Waals surface area contributed by atoms with Crippen LogP contribution in [0.15, 0.2) is 76.1 Å². The van der Waals surface area contributed by atoms with Crippen molar-refractivity contribution in [3.05, 3.63) is 82.6 Å². The van der Waals surface area contributed by atoms with E-state index in [1.807, 2.05) is 6.07 Å². The highest BCUT2D eigenvalue weighted by Gasteiger charge is 2.43. The Morgan fingerprint density at radius 3 is 2.29 bits per heavy atom. The molecule has 0 saturated heterocycles. The van der Waals surface area contributed by atoms with Crippen LogP contribution in [0.4, 0.5) is 10.1 Å². The normalized spacial score (nSPS) is 16.1. The summed E-state index contributed by atoms with van der Waals surface area (Å²) in [6.07, 6.45) is 0. The summed E-state index contributed by atoms with van der Waals surface area (Å²) in [5.41, 5.74) is 5.18. The molecule has 1 atom stereocenters. The molecule has 0 spiro atoms. The van der Waals surface area contributed by atoms with E-state index in [-0.39, 0.29) is 16.0 Å². The van der Waals surface area contributed by atoms with E-state index in [1.165, 1.54) is 7.05 Å². The van der Waals surface area contributed by atoms with Crippen molar-refractivity contribution in [3.63, 3.8) is 0 Å². The molecule has 182 valence electrons. The molecule has 0 aliphatic carbocycles. The van der Waals surface area contributed by atoms with Crippen molar-refractivity contribution in [1.82, 2.24) is 4.72 Å². The Hall–Kier alpha value is -4.21. The molecule has 0 radical (unpaired) electrons. The molecule has 2 aromatic rings. The molecular formula is C23H21FN4O6S. The average Bonchev–Trinajstić information content (AvgIpc) is 2.87. The number of carbonyl (C=O) groups is 2. The van der Waals surface area contributed by atoms with Gasteiger partial charge in [0.05, 0.1) is 47.9 Å². The third-order valence-corrected chi connectivity index (χ3v) is 6.76. The highest BCUT2D eigenvalue weighted by molar-refractivity contribution is 7.89. The summed E-state index contributed by atoms with van der Waals surface area (Å²) < 4.78 is 51.7. The lowest BCUT2D eigenvalue weighted by molar-refractivity contribution is -0.139. The standard InChI is InChI=1S/C23H21FN4O6S/c1-27-35(31,32)14-9-10-16(24)17(11-14)28-20(23(30)34-3)19(22(29)33-2)18(15(12-25)21(28)26)13-7-5-4-6-8-13/h4-11,18,27H,26H2,1-3H3. The molecule has 0 amide bonds. The summed E-state index contributed by atoms with van der Waals surface area (Å²) >= 11 is 0. The van der Waals surface area contributed by atoms with Crippen LogP contribution in [0, 0.1) is 17.1 Å². The van der Waals surface area contributed by atoms with E-state index in [0.717, 1.165) is 37.3 Å². The summed E-state index contributed by atoms with van der Waals surface area (Å²) in [4.78, 5) is 26.4. The van der Waals surface area contributed by atoms with Gasteiger partial charge in [0.15, 0.2) is 0 Å². The number of halogens is 1. The zero-order chi connectivity index (χ0) is 25.9. The minimum Gasteiger partial charge on any atom is -0.466 e. The number of nitrogens with zero attached hydrogens (tertiary/aromatic N) is 2. The number of nitrogens with one attached hydrogen (secondary N) is 1. The van der Waals surface area contributed by atoms with Gasteiger partial charge in [0.2, 0.25) is 10.0 Å². The fourth-order valence-electron chi connectivity index (χ4n) is 3.71. The van der Waals surface area contributed by atoms with Crippen LogP contribution in [0.2, 0.25) is 0 Å². The molecule has 2 aromatic carbocycles. The Morgan fingerprint density at radius 2 is 1.74 bits per heavy atom. The van der Waals surface area contributed by atoms with E-state index < -0.39 is 50.9 Å². The van der Waals surface area contributed by atoms with Gasteiger partial charge in [0.1, 0.15) is 17.3 Å². The Kier molecular flexibility index (Phi) is 7.23. The first kappa shape index (κ1) is 25.4. The van der Waals surface area contributed by atoms with Crippen molar-refractivity contribution in [2.75, 3.05) is 26.2 Å². The summed E-state index contributed by atoms with van der Waals surface area (Å²) in [7, 11) is -0.752. The van der Waals surface area contributed by atoms with Crippen molar-refractivity contribution in [1.29, 1.82) is 5.26 Å². The smallest absolute Gasteiger partial charge is 0.355 e. The Labute approximate surface area is 201 Å².